The second-order valence-corrected chi connectivity index (χ2v) is 13.9. The first kappa shape index (κ1) is 36.8. The average Bonchev–Trinajstić information content (AvgIpc) is 3.51. The molecule has 9 heteroatoms. The molecular formula is C42H47N3O6. The maximum atomic E-state index is 13.3. The number of pyridine rings is 1. The molecule has 2 amide bonds. The molecule has 2 heterocycles. The fourth-order valence-corrected chi connectivity index (χ4v) is 6.42. The predicted octanol–water partition coefficient (Wildman–Crippen LogP) is 8.36. The Bertz CT molecular complexity index is 1980. The highest BCUT2D eigenvalue weighted by Gasteiger charge is 2.29. The number of aldehydes is 1. The van der Waals surface area contributed by atoms with Gasteiger partial charge >= 0.3 is 6.09 Å². The summed E-state index contributed by atoms with van der Waals surface area (Å²) in [6.45, 7) is 12.2. The number of ether oxygens (including phenoxy) is 3. The summed E-state index contributed by atoms with van der Waals surface area (Å²) in [5, 5.41) is 2.95. The van der Waals surface area contributed by atoms with Crippen LogP contribution in [0.15, 0.2) is 60.7 Å². The number of nitrogens with one attached hydrogen (secondary N) is 1. The molecule has 0 aliphatic carbocycles. The molecule has 0 spiro atoms. The van der Waals surface area contributed by atoms with Crippen LogP contribution in [-0.4, -0.2) is 60.6 Å². The molecule has 3 aromatic carbocycles. The van der Waals surface area contributed by atoms with Gasteiger partial charge in [-0.25, -0.2) is 9.78 Å². The van der Waals surface area contributed by atoms with E-state index in [0.29, 0.717) is 36.6 Å². The lowest BCUT2D eigenvalue weighted by Crippen LogP contribution is -2.43. The molecular weight excluding hydrogens is 642 g/mol. The van der Waals surface area contributed by atoms with Crippen LogP contribution in [0, 0.1) is 20.8 Å². The molecule has 0 saturated carbocycles. The summed E-state index contributed by atoms with van der Waals surface area (Å²) < 4.78 is 16.9. The number of carbonyl (C=O) groups excluding carboxylic acids is 3. The van der Waals surface area contributed by atoms with Crippen molar-refractivity contribution in [3.8, 4) is 34.0 Å². The zero-order valence-corrected chi connectivity index (χ0v) is 30.8. The molecule has 51 heavy (non-hydrogen) atoms. The zero-order chi connectivity index (χ0) is 36.9. The van der Waals surface area contributed by atoms with Crippen LogP contribution in [0.1, 0.15) is 77.4 Å². The van der Waals surface area contributed by atoms with Gasteiger partial charge in [-0.1, -0.05) is 48.6 Å². The van der Waals surface area contributed by atoms with Gasteiger partial charge in [0.1, 0.15) is 11.4 Å². The number of amides is 2. The van der Waals surface area contributed by atoms with Gasteiger partial charge in [0.15, 0.2) is 6.29 Å². The third-order valence-corrected chi connectivity index (χ3v) is 9.13. The van der Waals surface area contributed by atoms with Crippen LogP contribution in [0.2, 0.25) is 0 Å². The molecule has 5 rings (SSSR count). The molecule has 0 radical (unpaired) electrons. The van der Waals surface area contributed by atoms with Gasteiger partial charge in [-0.2, -0.15) is 0 Å². The van der Waals surface area contributed by atoms with Crippen LogP contribution in [0.25, 0.3) is 34.5 Å². The lowest BCUT2D eigenvalue weighted by molar-refractivity contribution is -0.119. The van der Waals surface area contributed by atoms with Crippen molar-refractivity contribution in [3.63, 3.8) is 0 Å². The molecule has 1 aliphatic rings. The lowest BCUT2D eigenvalue weighted by atomic mass is 9.90. The van der Waals surface area contributed by atoms with Gasteiger partial charge in [0, 0.05) is 30.1 Å². The Balaban J connectivity index is 1.44. The fraction of sp³-hybridized carbons (Fsp3) is 0.333. The van der Waals surface area contributed by atoms with Crippen LogP contribution < -0.4 is 14.8 Å². The van der Waals surface area contributed by atoms with E-state index in [1.807, 2.05) is 70.2 Å². The quantitative estimate of drug-likeness (QED) is 0.125. The van der Waals surface area contributed by atoms with E-state index in [0.717, 1.165) is 62.1 Å². The van der Waals surface area contributed by atoms with Gasteiger partial charge in [-0.05, 0) is 111 Å². The molecule has 1 N–H and O–H groups in total. The molecule has 266 valence electrons. The van der Waals surface area contributed by atoms with Gasteiger partial charge in [-0.3, -0.25) is 9.59 Å². The number of aryl methyl sites for hydroxylation is 1. The van der Waals surface area contributed by atoms with Crippen LogP contribution >= 0.6 is 0 Å². The van der Waals surface area contributed by atoms with E-state index in [1.165, 1.54) is 0 Å². The van der Waals surface area contributed by atoms with E-state index in [1.54, 1.807) is 19.1 Å². The molecule has 1 aliphatic heterocycles. The molecule has 1 saturated heterocycles. The normalized spacial score (nSPS) is 14.4. The summed E-state index contributed by atoms with van der Waals surface area (Å²) in [5.41, 5.74) is 9.74. The summed E-state index contributed by atoms with van der Waals surface area (Å²) >= 11 is 0. The number of methoxy groups -OCH3 is 2. The number of hydrogen-bond donors (Lipinski definition) is 1. The largest absolute Gasteiger partial charge is 0.496 e. The maximum absolute atomic E-state index is 13.3. The van der Waals surface area contributed by atoms with E-state index in [4.69, 9.17) is 19.2 Å². The van der Waals surface area contributed by atoms with Crippen LogP contribution in [0.5, 0.6) is 11.6 Å². The van der Waals surface area contributed by atoms with Crippen molar-refractivity contribution in [1.29, 1.82) is 0 Å². The minimum absolute atomic E-state index is 0.0119. The summed E-state index contributed by atoms with van der Waals surface area (Å²) in [5.74, 6) is 0.950. The van der Waals surface area contributed by atoms with Gasteiger partial charge in [0.25, 0.3) is 0 Å². The van der Waals surface area contributed by atoms with E-state index < -0.39 is 11.7 Å². The molecule has 0 bridgehead atoms. The Labute approximate surface area is 300 Å². The van der Waals surface area contributed by atoms with Crippen LogP contribution in [0.4, 0.5) is 4.79 Å². The Morgan fingerprint density at radius 2 is 1.59 bits per heavy atom. The van der Waals surface area contributed by atoms with Crippen LogP contribution in [-0.2, 0) is 16.1 Å². The second kappa shape index (κ2) is 15.6. The highest BCUT2D eigenvalue weighted by molar-refractivity contribution is 5.85. The van der Waals surface area contributed by atoms with Gasteiger partial charge in [0.05, 0.1) is 32.0 Å². The van der Waals surface area contributed by atoms with Crippen LogP contribution in [0.3, 0.4) is 0 Å². The monoisotopic (exact) mass is 689 g/mol. The number of carbonyl (C=O) groups is 3. The highest BCUT2D eigenvalue weighted by atomic mass is 16.6. The predicted molar refractivity (Wildman–Crippen MR) is 201 cm³/mol. The van der Waals surface area contributed by atoms with Crippen molar-refractivity contribution in [2.45, 2.75) is 72.6 Å². The van der Waals surface area contributed by atoms with Gasteiger partial charge in [0.2, 0.25) is 11.8 Å². The number of nitrogens with zero attached hydrogens (tertiary/aromatic N) is 2. The lowest BCUT2D eigenvalue weighted by Gasteiger charge is -2.29. The van der Waals surface area contributed by atoms with Gasteiger partial charge in [-0.15, -0.1) is 0 Å². The maximum Gasteiger partial charge on any atom is 0.410 e. The molecule has 1 fully saturated rings. The average molecular weight is 690 g/mol. The Morgan fingerprint density at radius 1 is 0.902 bits per heavy atom. The first-order chi connectivity index (χ1) is 24.3. The van der Waals surface area contributed by atoms with Crippen molar-refractivity contribution in [2.75, 3.05) is 20.8 Å². The molecule has 0 unspecified atom stereocenters. The Hall–Kier alpha value is -5.44. The minimum atomic E-state index is -0.672. The zero-order valence-electron chi connectivity index (χ0n) is 30.8. The van der Waals surface area contributed by atoms with Crippen molar-refractivity contribution < 1.29 is 28.6 Å². The van der Waals surface area contributed by atoms with Crippen molar-refractivity contribution in [2.24, 2.45) is 0 Å². The third kappa shape index (κ3) is 8.66. The first-order valence-electron chi connectivity index (χ1n) is 17.1. The van der Waals surface area contributed by atoms with E-state index >= 15 is 0 Å². The Morgan fingerprint density at radius 3 is 2.24 bits per heavy atom. The minimum Gasteiger partial charge on any atom is -0.496 e. The fourth-order valence-electron chi connectivity index (χ4n) is 6.42. The van der Waals surface area contributed by atoms with Crippen molar-refractivity contribution in [3.05, 3.63) is 99.6 Å². The second-order valence-electron chi connectivity index (χ2n) is 13.9. The summed E-state index contributed by atoms with van der Waals surface area (Å²) in [6, 6.07) is 19.9. The highest BCUT2D eigenvalue weighted by Crippen LogP contribution is 2.35. The SMILES string of the molecule is COc1cc(/C=C/c2cccc(-c3cccc(-c4ccc(CN(C[C@@H]5CCC(=O)N5)C(=O)OC(C)(C)C)c(OC)n4)c3C)c2C)c(C)cc1C=O. The topological polar surface area (TPSA) is 107 Å². The number of aromatic nitrogens is 1. The smallest absolute Gasteiger partial charge is 0.410 e. The standard InChI is InChI=1S/C42H47N3O6/c1-26-21-32(25-46)38(49-7)22-30(26)16-15-29-11-9-12-34(27(29)2)35-13-10-14-36(28(35)3)37-19-17-31(40(44-37)50-8)23-45(41(48)51-42(4,5)6)24-33-18-20-39(47)43-33/h9-17,19,21-22,25,33H,18,20,23-24H2,1-8H3,(H,43,47)/b16-15+/t33-/m0/s1. The number of benzene rings is 3. The Kier molecular flexibility index (Phi) is 11.3. The third-order valence-electron chi connectivity index (χ3n) is 9.13. The summed E-state index contributed by atoms with van der Waals surface area (Å²) in [4.78, 5) is 43.1. The molecule has 4 aromatic rings. The molecule has 1 atom stereocenters. The number of hydrogen-bond acceptors (Lipinski definition) is 7. The summed E-state index contributed by atoms with van der Waals surface area (Å²) in [7, 11) is 3.14. The summed E-state index contributed by atoms with van der Waals surface area (Å²) in [6.07, 6.45) is 5.59. The van der Waals surface area contributed by atoms with E-state index in [9.17, 15) is 14.4 Å². The van der Waals surface area contributed by atoms with Crippen molar-refractivity contribution >= 4 is 30.4 Å². The molecule has 9 nitrogen and oxygen atoms in total. The van der Waals surface area contributed by atoms with E-state index in [2.05, 4.69) is 49.5 Å². The molecule has 1 aromatic heterocycles. The van der Waals surface area contributed by atoms with Gasteiger partial charge < -0.3 is 24.4 Å². The van der Waals surface area contributed by atoms with E-state index in [-0.39, 0.29) is 18.5 Å². The van der Waals surface area contributed by atoms with Crippen molar-refractivity contribution in [1.82, 2.24) is 15.2 Å². The first-order valence-corrected chi connectivity index (χ1v) is 17.1. The number of rotatable bonds is 11.